The molecule has 0 saturated carbocycles. The molecule has 0 aliphatic rings. The molecule has 0 fully saturated rings. The first-order chi connectivity index (χ1) is 8.97. The highest BCUT2D eigenvalue weighted by Crippen LogP contribution is 2.19. The highest BCUT2D eigenvalue weighted by Gasteiger charge is 2.18. The fourth-order valence-corrected chi connectivity index (χ4v) is 2.66. The van der Waals surface area contributed by atoms with Crippen LogP contribution in [0, 0.1) is 0 Å². The van der Waals surface area contributed by atoms with Crippen molar-refractivity contribution in [2.24, 2.45) is 0 Å². The molecule has 0 aromatic carbocycles. The number of aromatic nitrogens is 1. The summed E-state index contributed by atoms with van der Waals surface area (Å²) < 4.78 is 31.2. The first-order valence-corrected chi connectivity index (χ1v) is 7.44. The minimum atomic E-state index is -3.70. The summed E-state index contributed by atoms with van der Waals surface area (Å²) in [4.78, 5) is 3.59. The van der Waals surface area contributed by atoms with E-state index in [4.69, 9.17) is 22.1 Å². The second kappa shape index (κ2) is 7.61. The standard InChI is InChI=1S/C10H17ClN4O3S/c1-18-5-4-13-2-3-15-19(16,17)9-6-8(11)7-14-10(9)12/h6-7,13,15H,2-5H2,1H3,(H2,12,14). The molecule has 0 bridgehead atoms. The van der Waals surface area contributed by atoms with Crippen LogP contribution >= 0.6 is 11.6 Å². The molecule has 1 aromatic rings. The number of hydrogen-bond acceptors (Lipinski definition) is 6. The summed E-state index contributed by atoms with van der Waals surface area (Å²) in [6.07, 6.45) is 1.29. The number of hydrogen-bond donors (Lipinski definition) is 3. The number of anilines is 1. The molecule has 0 aliphatic carbocycles. The molecule has 1 rings (SSSR count). The van der Waals surface area contributed by atoms with Gasteiger partial charge >= 0.3 is 0 Å². The van der Waals surface area contributed by atoms with Gasteiger partial charge < -0.3 is 15.8 Å². The zero-order valence-corrected chi connectivity index (χ0v) is 12.1. The Balaban J connectivity index is 2.54. The van der Waals surface area contributed by atoms with Gasteiger partial charge in [-0.2, -0.15) is 0 Å². The predicted octanol–water partition coefficient (Wildman–Crippen LogP) is -0.168. The van der Waals surface area contributed by atoms with E-state index >= 15 is 0 Å². The van der Waals surface area contributed by atoms with E-state index in [1.54, 1.807) is 7.11 Å². The van der Waals surface area contributed by atoms with Gasteiger partial charge in [0.15, 0.2) is 0 Å². The summed E-state index contributed by atoms with van der Waals surface area (Å²) in [7, 11) is -2.10. The van der Waals surface area contributed by atoms with Gasteiger partial charge in [-0.25, -0.2) is 18.1 Å². The Morgan fingerprint density at radius 2 is 2.16 bits per heavy atom. The SMILES string of the molecule is COCCNCCNS(=O)(=O)c1cc(Cl)cnc1N. The van der Waals surface area contributed by atoms with E-state index in [1.165, 1.54) is 12.3 Å². The lowest BCUT2D eigenvalue weighted by atomic mass is 10.5. The number of nitrogens with one attached hydrogen (secondary N) is 2. The van der Waals surface area contributed by atoms with Crippen LogP contribution in [0.5, 0.6) is 0 Å². The quantitative estimate of drug-likeness (QED) is 0.576. The molecule has 0 amide bonds. The van der Waals surface area contributed by atoms with Gasteiger partial charge in [-0.1, -0.05) is 11.6 Å². The van der Waals surface area contributed by atoms with Crippen LogP contribution in [0.1, 0.15) is 0 Å². The second-order valence-corrected chi connectivity index (χ2v) is 5.85. The number of nitrogen functional groups attached to an aromatic ring is 1. The van der Waals surface area contributed by atoms with Crippen LogP contribution in [-0.2, 0) is 14.8 Å². The number of pyridine rings is 1. The van der Waals surface area contributed by atoms with Gasteiger partial charge in [-0.3, -0.25) is 0 Å². The van der Waals surface area contributed by atoms with Gasteiger partial charge in [0.05, 0.1) is 11.6 Å². The Labute approximate surface area is 117 Å². The van der Waals surface area contributed by atoms with E-state index in [2.05, 4.69) is 15.0 Å². The maximum absolute atomic E-state index is 12.0. The Hall–Kier alpha value is -0.930. The van der Waals surface area contributed by atoms with E-state index in [-0.39, 0.29) is 22.3 Å². The molecule has 19 heavy (non-hydrogen) atoms. The number of halogens is 1. The van der Waals surface area contributed by atoms with Crippen molar-refractivity contribution in [1.82, 2.24) is 15.0 Å². The van der Waals surface area contributed by atoms with Crippen LogP contribution in [0.2, 0.25) is 5.02 Å². The first kappa shape index (κ1) is 16.1. The number of ether oxygens (including phenoxy) is 1. The van der Waals surface area contributed by atoms with Crippen LogP contribution in [0.25, 0.3) is 0 Å². The van der Waals surface area contributed by atoms with Crippen molar-refractivity contribution >= 4 is 27.4 Å². The van der Waals surface area contributed by atoms with Crippen molar-refractivity contribution in [3.63, 3.8) is 0 Å². The summed E-state index contributed by atoms with van der Waals surface area (Å²) in [5, 5.41) is 3.23. The Kier molecular flexibility index (Phi) is 6.46. The van der Waals surface area contributed by atoms with Gasteiger partial charge in [0.25, 0.3) is 0 Å². The molecule has 0 saturated heterocycles. The summed E-state index contributed by atoms with van der Waals surface area (Å²) in [5.41, 5.74) is 5.52. The number of rotatable bonds is 8. The maximum Gasteiger partial charge on any atom is 0.244 e. The van der Waals surface area contributed by atoms with Crippen molar-refractivity contribution in [2.75, 3.05) is 39.1 Å². The van der Waals surface area contributed by atoms with E-state index in [9.17, 15) is 8.42 Å². The Bertz CT molecular complexity index is 509. The van der Waals surface area contributed by atoms with Gasteiger partial charge in [0, 0.05) is 32.9 Å². The van der Waals surface area contributed by atoms with Crippen LogP contribution in [0.3, 0.4) is 0 Å². The van der Waals surface area contributed by atoms with E-state index in [0.717, 1.165) is 0 Å². The normalized spacial score (nSPS) is 11.7. The van der Waals surface area contributed by atoms with E-state index in [1.807, 2.05) is 0 Å². The third-order valence-corrected chi connectivity index (χ3v) is 3.91. The average Bonchev–Trinajstić information content (AvgIpc) is 2.36. The van der Waals surface area contributed by atoms with Gasteiger partial charge in [-0.05, 0) is 6.07 Å². The van der Waals surface area contributed by atoms with Crippen LogP contribution < -0.4 is 15.8 Å². The van der Waals surface area contributed by atoms with Gasteiger partial charge in [0.1, 0.15) is 10.7 Å². The molecule has 1 aromatic heterocycles. The molecule has 7 nitrogen and oxygen atoms in total. The highest BCUT2D eigenvalue weighted by molar-refractivity contribution is 7.89. The van der Waals surface area contributed by atoms with Crippen LogP contribution in [0.4, 0.5) is 5.82 Å². The molecule has 0 spiro atoms. The monoisotopic (exact) mass is 308 g/mol. The fraction of sp³-hybridized carbons (Fsp3) is 0.500. The zero-order valence-electron chi connectivity index (χ0n) is 10.5. The molecule has 0 unspecified atom stereocenters. The molecule has 4 N–H and O–H groups in total. The lowest BCUT2D eigenvalue weighted by Gasteiger charge is -2.09. The summed E-state index contributed by atoms with van der Waals surface area (Å²) in [6.45, 7) is 1.94. The van der Waals surface area contributed by atoms with Gasteiger partial charge in [0.2, 0.25) is 10.0 Å². The highest BCUT2D eigenvalue weighted by atomic mass is 35.5. The predicted molar refractivity (Wildman–Crippen MR) is 73.6 cm³/mol. The lowest BCUT2D eigenvalue weighted by molar-refractivity contribution is 0.199. The summed E-state index contributed by atoms with van der Waals surface area (Å²) in [5.74, 6) is -0.0794. The molecule has 9 heteroatoms. The molecule has 1 heterocycles. The van der Waals surface area contributed by atoms with Crippen molar-refractivity contribution in [3.05, 3.63) is 17.3 Å². The molecule has 0 atom stereocenters. The largest absolute Gasteiger partial charge is 0.383 e. The maximum atomic E-state index is 12.0. The molecule has 0 radical (unpaired) electrons. The zero-order chi connectivity index (χ0) is 14.3. The lowest BCUT2D eigenvalue weighted by Crippen LogP contribution is -2.33. The molecule has 0 aliphatic heterocycles. The summed E-state index contributed by atoms with van der Waals surface area (Å²) >= 11 is 5.70. The van der Waals surface area contributed by atoms with Crippen molar-refractivity contribution in [3.8, 4) is 0 Å². The number of nitrogens with zero attached hydrogens (tertiary/aromatic N) is 1. The van der Waals surface area contributed by atoms with Crippen molar-refractivity contribution in [1.29, 1.82) is 0 Å². The number of nitrogens with two attached hydrogens (primary N) is 1. The topological polar surface area (TPSA) is 106 Å². The van der Waals surface area contributed by atoms with Crippen molar-refractivity contribution in [2.45, 2.75) is 4.90 Å². The number of methoxy groups -OCH3 is 1. The van der Waals surface area contributed by atoms with E-state index < -0.39 is 10.0 Å². The smallest absolute Gasteiger partial charge is 0.244 e. The van der Waals surface area contributed by atoms with Crippen molar-refractivity contribution < 1.29 is 13.2 Å². The first-order valence-electron chi connectivity index (χ1n) is 5.57. The third-order valence-electron chi connectivity index (χ3n) is 2.21. The van der Waals surface area contributed by atoms with E-state index in [0.29, 0.717) is 19.7 Å². The average molecular weight is 309 g/mol. The Morgan fingerprint density at radius 1 is 1.42 bits per heavy atom. The van der Waals surface area contributed by atoms with Crippen LogP contribution in [-0.4, -0.2) is 46.8 Å². The fourth-order valence-electron chi connectivity index (χ4n) is 1.30. The minimum Gasteiger partial charge on any atom is -0.383 e. The minimum absolute atomic E-state index is 0.0794. The second-order valence-electron chi connectivity index (χ2n) is 3.68. The third kappa shape index (κ3) is 5.29. The molecule has 108 valence electrons. The van der Waals surface area contributed by atoms with Gasteiger partial charge in [-0.15, -0.1) is 0 Å². The number of sulfonamides is 1. The van der Waals surface area contributed by atoms with Crippen LogP contribution in [0.15, 0.2) is 17.2 Å². The molecular formula is C10H17ClN4O3S. The summed E-state index contributed by atoms with van der Waals surface area (Å²) in [6, 6.07) is 1.27. The molecular weight excluding hydrogens is 292 g/mol. The Morgan fingerprint density at radius 3 is 2.84 bits per heavy atom.